The van der Waals surface area contributed by atoms with Crippen LogP contribution in [0, 0.1) is 0 Å². The molecule has 26 heavy (non-hydrogen) atoms. The Morgan fingerprint density at radius 2 is 1.73 bits per heavy atom. The topological polar surface area (TPSA) is 88.6 Å². The molecule has 0 saturated carbocycles. The molecule has 0 aliphatic carbocycles. The smallest absolute Gasteiger partial charge is 0.243 e. The molecule has 0 atom stereocenters. The Kier molecular flexibility index (Phi) is 6.10. The number of rotatable bonds is 7. The zero-order valence-corrected chi connectivity index (χ0v) is 15.1. The molecule has 138 valence electrons. The molecule has 1 aliphatic heterocycles. The van der Waals surface area contributed by atoms with Crippen LogP contribution in [0.1, 0.15) is 15.9 Å². The predicted molar refractivity (Wildman–Crippen MR) is 96.3 cm³/mol. The van der Waals surface area contributed by atoms with Gasteiger partial charge in [-0.3, -0.25) is 9.78 Å². The molecule has 2 aromatic rings. The summed E-state index contributed by atoms with van der Waals surface area (Å²) in [5, 5.41) is 3.08. The fourth-order valence-electron chi connectivity index (χ4n) is 2.67. The van der Waals surface area contributed by atoms with Gasteiger partial charge in [0.15, 0.2) is 5.78 Å². The average Bonchev–Trinajstić information content (AvgIpc) is 2.69. The molecule has 1 aliphatic rings. The number of sulfonamides is 1. The number of nitrogens with zero attached hydrogens (tertiary/aromatic N) is 2. The Bertz CT molecular complexity index is 832. The van der Waals surface area contributed by atoms with Crippen LogP contribution in [0.4, 0.5) is 0 Å². The highest BCUT2D eigenvalue weighted by atomic mass is 32.2. The van der Waals surface area contributed by atoms with E-state index in [2.05, 4.69) is 10.3 Å². The van der Waals surface area contributed by atoms with Crippen LogP contribution >= 0.6 is 0 Å². The maximum atomic E-state index is 12.6. The number of hydrogen-bond donors (Lipinski definition) is 1. The molecule has 0 amide bonds. The van der Waals surface area contributed by atoms with E-state index in [0.29, 0.717) is 38.4 Å². The van der Waals surface area contributed by atoms with Gasteiger partial charge in [0.2, 0.25) is 10.0 Å². The van der Waals surface area contributed by atoms with Crippen LogP contribution < -0.4 is 5.32 Å². The lowest BCUT2D eigenvalue weighted by atomic mass is 10.1. The number of hydrogen-bond acceptors (Lipinski definition) is 6. The summed E-state index contributed by atoms with van der Waals surface area (Å²) in [6.07, 6.45) is 3.40. The second-order valence-electron chi connectivity index (χ2n) is 5.92. The Balaban J connectivity index is 1.59. The molecule has 3 rings (SSSR count). The highest BCUT2D eigenvalue weighted by Gasteiger charge is 2.26. The number of aromatic nitrogens is 1. The summed E-state index contributed by atoms with van der Waals surface area (Å²) in [6, 6.07) is 9.85. The zero-order valence-electron chi connectivity index (χ0n) is 14.3. The fourth-order valence-corrected chi connectivity index (χ4v) is 4.08. The van der Waals surface area contributed by atoms with Gasteiger partial charge in [-0.05, 0) is 29.8 Å². The largest absolute Gasteiger partial charge is 0.379 e. The summed E-state index contributed by atoms with van der Waals surface area (Å²) in [7, 11) is -3.54. The normalized spacial score (nSPS) is 15.7. The molecule has 0 unspecified atom stereocenters. The molecule has 1 aromatic carbocycles. The minimum absolute atomic E-state index is 0.0885. The van der Waals surface area contributed by atoms with E-state index in [1.165, 1.54) is 16.4 Å². The first kappa shape index (κ1) is 18.7. The summed E-state index contributed by atoms with van der Waals surface area (Å²) in [5.41, 5.74) is 1.52. The van der Waals surface area contributed by atoms with Crippen molar-refractivity contribution in [3.8, 4) is 0 Å². The first-order valence-electron chi connectivity index (χ1n) is 8.38. The Hall–Kier alpha value is -2.13. The van der Waals surface area contributed by atoms with Gasteiger partial charge in [-0.15, -0.1) is 0 Å². The SMILES string of the molecule is O=C(CNCc1ccncc1)c1ccc(S(=O)(=O)N2CCOCC2)cc1. The molecule has 1 saturated heterocycles. The molecule has 2 heterocycles. The Labute approximate surface area is 153 Å². The molecule has 1 aromatic heterocycles. The summed E-state index contributed by atoms with van der Waals surface area (Å²) < 4.78 is 31.7. The molecule has 0 radical (unpaired) electrons. The van der Waals surface area contributed by atoms with E-state index in [1.54, 1.807) is 24.5 Å². The average molecular weight is 375 g/mol. The molecular formula is C18H21N3O4S. The van der Waals surface area contributed by atoms with Crippen molar-refractivity contribution in [1.82, 2.24) is 14.6 Å². The summed E-state index contributed by atoms with van der Waals surface area (Å²) >= 11 is 0. The van der Waals surface area contributed by atoms with Gasteiger partial charge in [-0.25, -0.2) is 8.42 Å². The van der Waals surface area contributed by atoms with Crippen molar-refractivity contribution in [3.05, 3.63) is 59.9 Å². The van der Waals surface area contributed by atoms with Crippen LogP contribution in [0.2, 0.25) is 0 Å². The standard InChI is InChI=1S/C18H21N3O4S/c22-18(14-20-13-15-5-7-19-8-6-15)16-1-3-17(4-2-16)26(23,24)21-9-11-25-12-10-21/h1-8,20H,9-14H2. The maximum absolute atomic E-state index is 12.6. The van der Waals surface area contributed by atoms with Crippen molar-refractivity contribution in [2.45, 2.75) is 11.4 Å². The van der Waals surface area contributed by atoms with Crippen LogP contribution in [0.15, 0.2) is 53.7 Å². The minimum atomic E-state index is -3.54. The van der Waals surface area contributed by atoms with Gasteiger partial charge >= 0.3 is 0 Å². The summed E-state index contributed by atoms with van der Waals surface area (Å²) in [5.74, 6) is -0.0885. The third-order valence-electron chi connectivity index (χ3n) is 4.15. The number of nitrogens with one attached hydrogen (secondary N) is 1. The fraction of sp³-hybridized carbons (Fsp3) is 0.333. The summed E-state index contributed by atoms with van der Waals surface area (Å²) in [4.78, 5) is 16.4. The molecule has 1 N–H and O–H groups in total. The predicted octanol–water partition coefficient (Wildman–Crippen LogP) is 1.07. The van der Waals surface area contributed by atoms with Gasteiger partial charge in [0.25, 0.3) is 0 Å². The summed E-state index contributed by atoms with van der Waals surface area (Å²) in [6.45, 7) is 2.25. The number of benzene rings is 1. The molecule has 1 fully saturated rings. The number of morpholine rings is 1. The first-order valence-corrected chi connectivity index (χ1v) is 9.82. The van der Waals surface area contributed by atoms with Gasteiger partial charge < -0.3 is 10.1 Å². The van der Waals surface area contributed by atoms with Gasteiger partial charge in [0.05, 0.1) is 24.7 Å². The van der Waals surface area contributed by atoms with Gasteiger partial charge in [-0.2, -0.15) is 4.31 Å². The molecule has 8 heteroatoms. The first-order chi connectivity index (χ1) is 12.6. The van der Waals surface area contributed by atoms with E-state index in [4.69, 9.17) is 4.74 Å². The lowest BCUT2D eigenvalue weighted by Gasteiger charge is -2.26. The highest BCUT2D eigenvalue weighted by molar-refractivity contribution is 7.89. The maximum Gasteiger partial charge on any atom is 0.243 e. The second-order valence-corrected chi connectivity index (χ2v) is 7.86. The molecular weight excluding hydrogens is 354 g/mol. The Morgan fingerprint density at radius 1 is 1.08 bits per heavy atom. The van der Waals surface area contributed by atoms with E-state index in [0.717, 1.165) is 5.56 Å². The van der Waals surface area contributed by atoms with Crippen LogP contribution in [-0.2, 0) is 21.3 Å². The third kappa shape index (κ3) is 4.53. The number of ketones is 1. The van der Waals surface area contributed by atoms with Crippen molar-refractivity contribution in [1.29, 1.82) is 0 Å². The van der Waals surface area contributed by atoms with Crippen LogP contribution in [0.25, 0.3) is 0 Å². The van der Waals surface area contributed by atoms with Gasteiger partial charge in [-0.1, -0.05) is 12.1 Å². The molecule has 7 nitrogen and oxygen atoms in total. The van der Waals surface area contributed by atoms with E-state index in [9.17, 15) is 13.2 Å². The van der Waals surface area contributed by atoms with E-state index in [1.807, 2.05) is 12.1 Å². The van der Waals surface area contributed by atoms with Crippen molar-refractivity contribution >= 4 is 15.8 Å². The minimum Gasteiger partial charge on any atom is -0.379 e. The van der Waals surface area contributed by atoms with Crippen molar-refractivity contribution < 1.29 is 17.9 Å². The van der Waals surface area contributed by atoms with Gasteiger partial charge in [0, 0.05) is 37.6 Å². The highest BCUT2D eigenvalue weighted by Crippen LogP contribution is 2.17. The second kappa shape index (κ2) is 8.50. The molecule has 0 bridgehead atoms. The lowest BCUT2D eigenvalue weighted by Crippen LogP contribution is -2.40. The van der Waals surface area contributed by atoms with Crippen molar-refractivity contribution in [2.75, 3.05) is 32.8 Å². The van der Waals surface area contributed by atoms with Crippen LogP contribution in [0.3, 0.4) is 0 Å². The number of Topliss-reactive ketones (excluding diaryl/α,β-unsaturated/α-hetero) is 1. The monoisotopic (exact) mass is 375 g/mol. The van der Waals surface area contributed by atoms with E-state index >= 15 is 0 Å². The number of carbonyl (C=O) groups is 1. The van der Waals surface area contributed by atoms with Crippen molar-refractivity contribution in [3.63, 3.8) is 0 Å². The quantitative estimate of drug-likeness (QED) is 0.729. The zero-order chi connectivity index (χ0) is 18.4. The van der Waals surface area contributed by atoms with Crippen LogP contribution in [0.5, 0.6) is 0 Å². The van der Waals surface area contributed by atoms with E-state index < -0.39 is 10.0 Å². The number of pyridine rings is 1. The lowest BCUT2D eigenvalue weighted by molar-refractivity contribution is 0.0730. The molecule has 0 spiro atoms. The number of carbonyl (C=O) groups excluding carboxylic acids is 1. The third-order valence-corrected chi connectivity index (χ3v) is 6.06. The van der Waals surface area contributed by atoms with Gasteiger partial charge in [0.1, 0.15) is 0 Å². The number of ether oxygens (including phenoxy) is 1. The van der Waals surface area contributed by atoms with E-state index in [-0.39, 0.29) is 17.2 Å². The van der Waals surface area contributed by atoms with Crippen molar-refractivity contribution in [2.24, 2.45) is 0 Å². The van der Waals surface area contributed by atoms with Crippen LogP contribution in [-0.4, -0.2) is 56.3 Å². The Morgan fingerprint density at radius 3 is 2.38 bits per heavy atom.